The first-order chi connectivity index (χ1) is 17.7. The number of esters is 1. The van der Waals surface area contributed by atoms with E-state index in [1.807, 2.05) is 11.8 Å². The first-order valence-corrected chi connectivity index (χ1v) is 13.3. The molecule has 0 radical (unpaired) electrons. The molecule has 0 aliphatic carbocycles. The summed E-state index contributed by atoms with van der Waals surface area (Å²) in [6, 6.07) is 10.4. The molecule has 1 atom stereocenters. The zero-order valence-electron chi connectivity index (χ0n) is 20.3. The third-order valence-electron chi connectivity index (χ3n) is 6.47. The Balaban J connectivity index is 1.65. The fourth-order valence-electron chi connectivity index (χ4n) is 4.69. The number of carbonyl (C=O) groups excluding carboxylic acids is 1. The van der Waals surface area contributed by atoms with Crippen molar-refractivity contribution in [3.63, 3.8) is 0 Å². The van der Waals surface area contributed by atoms with E-state index >= 15 is 0 Å². The van der Waals surface area contributed by atoms with Gasteiger partial charge in [0.15, 0.2) is 0 Å². The van der Waals surface area contributed by atoms with Gasteiger partial charge in [0, 0.05) is 24.5 Å². The zero-order valence-corrected chi connectivity index (χ0v) is 21.1. The van der Waals surface area contributed by atoms with E-state index in [1.165, 1.54) is 24.4 Å². The van der Waals surface area contributed by atoms with Crippen molar-refractivity contribution >= 4 is 32.8 Å². The highest BCUT2D eigenvalue weighted by Gasteiger charge is 2.31. The Kier molecular flexibility index (Phi) is 6.32. The molecule has 11 heteroatoms. The van der Waals surface area contributed by atoms with E-state index in [0.29, 0.717) is 18.8 Å². The largest absolute Gasteiger partial charge is 0.462 e. The maximum Gasteiger partial charge on any atom is 0.341 e. The molecule has 1 aromatic carbocycles. The smallest absolute Gasteiger partial charge is 0.341 e. The first kappa shape index (κ1) is 24.7. The van der Waals surface area contributed by atoms with Crippen molar-refractivity contribution in [2.45, 2.75) is 37.6 Å². The van der Waals surface area contributed by atoms with Gasteiger partial charge in [-0.15, -0.1) is 0 Å². The second-order valence-electron chi connectivity index (χ2n) is 8.87. The molecule has 0 spiro atoms. The Labute approximate surface area is 212 Å². The van der Waals surface area contributed by atoms with E-state index in [4.69, 9.17) is 4.74 Å². The van der Waals surface area contributed by atoms with Gasteiger partial charge in [-0.3, -0.25) is 4.79 Å². The molecular formula is C26H25FN4O5S. The number of halogens is 1. The maximum absolute atomic E-state index is 13.9. The van der Waals surface area contributed by atoms with Crippen LogP contribution in [-0.2, 0) is 14.8 Å². The van der Waals surface area contributed by atoms with Crippen molar-refractivity contribution in [2.75, 3.05) is 18.1 Å². The Morgan fingerprint density at radius 1 is 1.22 bits per heavy atom. The second kappa shape index (κ2) is 9.47. The summed E-state index contributed by atoms with van der Waals surface area (Å²) < 4.78 is 47.1. The quantitative estimate of drug-likeness (QED) is 0.380. The zero-order chi connectivity index (χ0) is 26.3. The number of aryl methyl sites for hydroxylation is 1. The van der Waals surface area contributed by atoms with Crippen molar-refractivity contribution in [1.29, 1.82) is 0 Å². The third-order valence-corrected chi connectivity index (χ3v) is 8.16. The minimum absolute atomic E-state index is 0.00809. The molecule has 4 heterocycles. The van der Waals surface area contributed by atoms with Crippen LogP contribution in [0.4, 0.5) is 10.2 Å². The van der Waals surface area contributed by atoms with Crippen molar-refractivity contribution in [3.05, 3.63) is 87.7 Å². The molecule has 0 amide bonds. The van der Waals surface area contributed by atoms with Gasteiger partial charge >= 0.3 is 5.97 Å². The molecule has 37 heavy (non-hydrogen) atoms. The van der Waals surface area contributed by atoms with Crippen LogP contribution in [0.1, 0.15) is 47.3 Å². The van der Waals surface area contributed by atoms with Gasteiger partial charge in [-0.2, -0.15) is 0 Å². The van der Waals surface area contributed by atoms with Gasteiger partial charge in [0.25, 0.3) is 15.6 Å². The van der Waals surface area contributed by atoms with Crippen molar-refractivity contribution < 1.29 is 22.3 Å². The number of benzene rings is 1. The van der Waals surface area contributed by atoms with Crippen LogP contribution in [0.25, 0.3) is 11.0 Å². The van der Waals surface area contributed by atoms with E-state index in [-0.39, 0.29) is 39.2 Å². The van der Waals surface area contributed by atoms with Gasteiger partial charge in [-0.1, -0.05) is 17.7 Å². The summed E-state index contributed by atoms with van der Waals surface area (Å²) in [5.41, 5.74) is 1.18. The van der Waals surface area contributed by atoms with Gasteiger partial charge in [0.2, 0.25) is 0 Å². The summed E-state index contributed by atoms with van der Waals surface area (Å²) in [6.45, 7) is 4.17. The number of ether oxygens (including phenoxy) is 1. The number of carbonyl (C=O) groups is 1. The molecule has 1 saturated heterocycles. The molecule has 192 valence electrons. The molecule has 1 aliphatic heterocycles. The monoisotopic (exact) mass is 524 g/mol. The molecule has 1 N–H and O–H groups in total. The maximum atomic E-state index is 13.9. The molecule has 0 bridgehead atoms. The van der Waals surface area contributed by atoms with E-state index in [0.717, 1.165) is 22.2 Å². The van der Waals surface area contributed by atoms with Crippen LogP contribution in [0.3, 0.4) is 0 Å². The highest BCUT2D eigenvalue weighted by atomic mass is 32.2. The number of rotatable bonds is 6. The second-order valence-corrected chi connectivity index (χ2v) is 10.7. The minimum Gasteiger partial charge on any atom is -0.462 e. The number of fused-ring (bicyclic) bond motifs is 1. The van der Waals surface area contributed by atoms with E-state index in [9.17, 15) is 22.4 Å². The Morgan fingerprint density at radius 3 is 2.70 bits per heavy atom. The summed E-state index contributed by atoms with van der Waals surface area (Å²) in [4.78, 5) is 34.3. The van der Waals surface area contributed by atoms with Crippen molar-refractivity contribution in [2.24, 2.45) is 0 Å². The van der Waals surface area contributed by atoms with E-state index < -0.39 is 27.9 Å². The molecule has 3 aromatic heterocycles. The van der Waals surface area contributed by atoms with E-state index in [1.54, 1.807) is 31.2 Å². The van der Waals surface area contributed by atoms with Gasteiger partial charge in [-0.05, 0) is 57.0 Å². The topological polar surface area (TPSA) is 114 Å². The molecule has 0 unspecified atom stereocenters. The standard InChI is InChI=1S/C26H25FN4O5S/c1-3-36-26(33)20-15-31(37(34,35)18-8-6-16(2)7-9-18)22-10-11-23(29-24(20)22)30-12-4-5-21(30)19-13-17(27)14-28-25(19)32/h6-11,13-15,21H,3-5,12H2,1-2H3,(H,28,32)/t21-/m1/s1. The average Bonchev–Trinajstić information content (AvgIpc) is 3.51. The van der Waals surface area contributed by atoms with E-state index in [2.05, 4.69) is 9.97 Å². The fraction of sp³-hybridized carbons (Fsp3) is 0.269. The number of hydrogen-bond acceptors (Lipinski definition) is 7. The lowest BCUT2D eigenvalue weighted by Crippen LogP contribution is -2.28. The number of aromatic amines is 1. The lowest BCUT2D eigenvalue weighted by atomic mass is 10.1. The van der Waals surface area contributed by atoms with Crippen molar-refractivity contribution in [3.8, 4) is 0 Å². The Bertz CT molecular complexity index is 1660. The van der Waals surface area contributed by atoms with Gasteiger partial charge in [-0.25, -0.2) is 26.6 Å². The van der Waals surface area contributed by atoms with Crippen molar-refractivity contribution in [1.82, 2.24) is 13.9 Å². The SMILES string of the molecule is CCOC(=O)c1cn(S(=O)(=O)c2ccc(C)cc2)c2ccc(N3CCC[C@@H]3c3cc(F)c[nH]c3=O)nc12. The number of H-pyrrole nitrogens is 1. The van der Waals surface area contributed by atoms with Crippen LogP contribution >= 0.6 is 0 Å². The Morgan fingerprint density at radius 2 is 1.97 bits per heavy atom. The molecule has 5 rings (SSSR count). The van der Waals surface area contributed by atoms with Crippen LogP contribution in [0, 0.1) is 12.7 Å². The number of anilines is 1. The minimum atomic E-state index is -4.04. The number of aromatic nitrogens is 3. The number of hydrogen-bond donors (Lipinski definition) is 1. The van der Waals surface area contributed by atoms with Crippen LogP contribution < -0.4 is 10.5 Å². The molecule has 1 aliphatic rings. The van der Waals surface area contributed by atoms with Crippen LogP contribution in [0.5, 0.6) is 0 Å². The molecular weight excluding hydrogens is 499 g/mol. The number of nitrogens with zero attached hydrogens (tertiary/aromatic N) is 3. The molecule has 4 aromatic rings. The summed E-state index contributed by atoms with van der Waals surface area (Å²) in [6.07, 6.45) is 3.60. The lowest BCUT2D eigenvalue weighted by molar-refractivity contribution is 0.0528. The summed E-state index contributed by atoms with van der Waals surface area (Å²) in [5, 5.41) is 0. The predicted octanol–water partition coefficient (Wildman–Crippen LogP) is 3.93. The predicted molar refractivity (Wildman–Crippen MR) is 136 cm³/mol. The highest BCUT2D eigenvalue weighted by molar-refractivity contribution is 7.90. The van der Waals surface area contributed by atoms with Gasteiger partial charge in [0.05, 0.1) is 23.1 Å². The third kappa shape index (κ3) is 4.39. The summed E-state index contributed by atoms with van der Waals surface area (Å²) in [7, 11) is -4.04. The highest BCUT2D eigenvalue weighted by Crippen LogP contribution is 2.36. The normalized spacial score (nSPS) is 15.9. The lowest BCUT2D eigenvalue weighted by Gasteiger charge is -2.25. The molecule has 0 saturated carbocycles. The van der Waals surface area contributed by atoms with Gasteiger partial charge < -0.3 is 14.6 Å². The first-order valence-electron chi connectivity index (χ1n) is 11.9. The van der Waals surface area contributed by atoms with Crippen LogP contribution in [-0.4, -0.2) is 41.5 Å². The molecule has 1 fully saturated rings. The fourth-order valence-corrected chi connectivity index (χ4v) is 6.05. The number of nitrogens with one attached hydrogen (secondary N) is 1. The average molecular weight is 525 g/mol. The summed E-state index contributed by atoms with van der Waals surface area (Å²) in [5.74, 6) is -0.808. The van der Waals surface area contributed by atoms with Gasteiger partial charge in [0.1, 0.15) is 22.7 Å². The molecule has 9 nitrogen and oxygen atoms in total. The van der Waals surface area contributed by atoms with Crippen LogP contribution in [0.2, 0.25) is 0 Å². The summed E-state index contributed by atoms with van der Waals surface area (Å²) >= 11 is 0. The Hall–Kier alpha value is -3.99. The van der Waals surface area contributed by atoms with Crippen LogP contribution in [0.15, 0.2) is 64.5 Å². The number of pyridine rings is 2.